The predicted octanol–water partition coefficient (Wildman–Crippen LogP) is 3.36. The molecule has 1 aliphatic rings. The van der Waals surface area contributed by atoms with Gasteiger partial charge in [-0.3, -0.25) is 4.79 Å². The fourth-order valence-corrected chi connectivity index (χ4v) is 3.89. The number of amides is 1. The van der Waals surface area contributed by atoms with E-state index in [-0.39, 0.29) is 18.3 Å². The van der Waals surface area contributed by atoms with Crippen molar-refractivity contribution in [3.8, 4) is 10.6 Å². The van der Waals surface area contributed by atoms with Crippen molar-refractivity contribution in [1.29, 1.82) is 0 Å². The number of likely N-dealkylation sites (N-methyl/N-ethyl adjacent to an activating group) is 1. The Morgan fingerprint density at radius 1 is 1.43 bits per heavy atom. The molecule has 1 unspecified atom stereocenters. The van der Waals surface area contributed by atoms with Crippen LogP contribution in [0.4, 0.5) is 0 Å². The van der Waals surface area contributed by atoms with Gasteiger partial charge in [0.1, 0.15) is 10.7 Å². The van der Waals surface area contributed by atoms with Gasteiger partial charge in [-0.05, 0) is 32.4 Å². The van der Waals surface area contributed by atoms with Gasteiger partial charge < -0.3 is 10.2 Å². The van der Waals surface area contributed by atoms with Gasteiger partial charge in [0.05, 0.1) is 0 Å². The maximum atomic E-state index is 12.7. The summed E-state index contributed by atoms with van der Waals surface area (Å²) in [6, 6.07) is 8.45. The fourth-order valence-electron chi connectivity index (χ4n) is 3.01. The van der Waals surface area contributed by atoms with Crippen LogP contribution in [0.15, 0.2) is 29.6 Å². The lowest BCUT2D eigenvalue weighted by Crippen LogP contribution is -2.40. The number of thiazole rings is 1. The molecule has 124 valence electrons. The number of hydrogen-bond acceptors (Lipinski definition) is 4. The summed E-state index contributed by atoms with van der Waals surface area (Å²) in [4.78, 5) is 19.3. The summed E-state index contributed by atoms with van der Waals surface area (Å²) in [6.45, 7) is 3.75. The fraction of sp³-hybridized carbons (Fsp3) is 0.412. The Bertz CT molecular complexity index is 673. The lowest BCUT2D eigenvalue weighted by Gasteiger charge is -2.23. The minimum absolute atomic E-state index is 0. The van der Waals surface area contributed by atoms with Crippen LogP contribution in [0.3, 0.4) is 0 Å². The Morgan fingerprint density at radius 3 is 2.96 bits per heavy atom. The molecule has 4 nitrogen and oxygen atoms in total. The minimum Gasteiger partial charge on any atom is -0.333 e. The molecule has 0 saturated carbocycles. The molecule has 1 aromatic heterocycles. The first-order chi connectivity index (χ1) is 10.7. The summed E-state index contributed by atoms with van der Waals surface area (Å²) >= 11 is 1.54. The van der Waals surface area contributed by atoms with E-state index < -0.39 is 0 Å². The van der Waals surface area contributed by atoms with E-state index in [1.54, 1.807) is 11.3 Å². The normalized spacial score (nSPS) is 17.1. The van der Waals surface area contributed by atoms with Crippen LogP contribution in [-0.2, 0) is 0 Å². The van der Waals surface area contributed by atoms with E-state index in [2.05, 4.69) is 29.4 Å². The van der Waals surface area contributed by atoms with Crippen LogP contribution >= 0.6 is 23.7 Å². The molecular formula is C17H22ClN3OS. The second-order valence-corrected chi connectivity index (χ2v) is 6.56. The molecule has 1 aliphatic heterocycles. The second kappa shape index (κ2) is 7.90. The summed E-state index contributed by atoms with van der Waals surface area (Å²) in [5, 5.41) is 5.98. The maximum Gasteiger partial charge on any atom is 0.273 e. The number of aromatic nitrogens is 1. The van der Waals surface area contributed by atoms with Gasteiger partial charge in [0.15, 0.2) is 0 Å². The summed E-state index contributed by atoms with van der Waals surface area (Å²) in [5.74, 6) is 0.0637. The molecule has 1 fully saturated rings. The highest BCUT2D eigenvalue weighted by molar-refractivity contribution is 7.13. The molecule has 1 amide bonds. The van der Waals surface area contributed by atoms with Crippen LogP contribution in [0.5, 0.6) is 0 Å². The van der Waals surface area contributed by atoms with E-state index in [0.29, 0.717) is 11.7 Å². The van der Waals surface area contributed by atoms with Crippen molar-refractivity contribution in [3.05, 3.63) is 40.9 Å². The Labute approximate surface area is 147 Å². The highest BCUT2D eigenvalue weighted by Crippen LogP contribution is 2.28. The van der Waals surface area contributed by atoms with Crippen molar-refractivity contribution in [3.63, 3.8) is 0 Å². The molecule has 0 radical (unpaired) electrons. The van der Waals surface area contributed by atoms with Gasteiger partial charge in [-0.1, -0.05) is 24.3 Å². The van der Waals surface area contributed by atoms with Crippen molar-refractivity contribution in [2.45, 2.75) is 25.8 Å². The summed E-state index contributed by atoms with van der Waals surface area (Å²) in [7, 11) is 1.93. The van der Waals surface area contributed by atoms with E-state index in [9.17, 15) is 4.79 Å². The van der Waals surface area contributed by atoms with Crippen molar-refractivity contribution in [2.24, 2.45) is 0 Å². The van der Waals surface area contributed by atoms with Gasteiger partial charge in [-0.2, -0.15) is 0 Å². The van der Waals surface area contributed by atoms with E-state index in [4.69, 9.17) is 0 Å². The van der Waals surface area contributed by atoms with E-state index in [1.807, 2.05) is 29.5 Å². The number of likely N-dealkylation sites (tertiary alicyclic amines) is 1. The molecule has 0 spiro atoms. The zero-order chi connectivity index (χ0) is 15.5. The highest BCUT2D eigenvalue weighted by atomic mass is 35.5. The number of aryl methyl sites for hydroxylation is 1. The van der Waals surface area contributed by atoms with Gasteiger partial charge in [0, 0.05) is 30.1 Å². The van der Waals surface area contributed by atoms with E-state index in [1.165, 1.54) is 5.56 Å². The molecule has 23 heavy (non-hydrogen) atoms. The van der Waals surface area contributed by atoms with Gasteiger partial charge >= 0.3 is 0 Å². The number of halogens is 1. The molecule has 3 rings (SSSR count). The number of nitrogens with one attached hydrogen (secondary N) is 1. The van der Waals surface area contributed by atoms with Gasteiger partial charge in [0.25, 0.3) is 5.91 Å². The molecule has 1 aromatic carbocycles. The number of hydrogen-bond donors (Lipinski definition) is 1. The van der Waals surface area contributed by atoms with Gasteiger partial charge in [0.2, 0.25) is 0 Å². The Hall–Kier alpha value is -1.43. The van der Waals surface area contributed by atoms with Crippen LogP contribution in [0, 0.1) is 6.92 Å². The van der Waals surface area contributed by atoms with Crippen molar-refractivity contribution >= 4 is 29.7 Å². The number of carbonyl (C=O) groups is 1. The number of carbonyl (C=O) groups excluding carboxylic acids is 1. The Kier molecular flexibility index (Phi) is 6.16. The zero-order valence-electron chi connectivity index (χ0n) is 13.4. The van der Waals surface area contributed by atoms with Crippen LogP contribution in [-0.4, -0.2) is 42.0 Å². The van der Waals surface area contributed by atoms with Crippen molar-refractivity contribution in [1.82, 2.24) is 15.2 Å². The highest BCUT2D eigenvalue weighted by Gasteiger charge is 2.30. The maximum absolute atomic E-state index is 12.7. The molecule has 1 saturated heterocycles. The Balaban J connectivity index is 0.00000192. The molecule has 0 aliphatic carbocycles. The Morgan fingerprint density at radius 2 is 2.22 bits per heavy atom. The van der Waals surface area contributed by atoms with Crippen LogP contribution < -0.4 is 5.32 Å². The molecule has 0 bridgehead atoms. The van der Waals surface area contributed by atoms with Crippen molar-refractivity contribution < 1.29 is 4.79 Å². The molecule has 1 atom stereocenters. The lowest BCUT2D eigenvalue weighted by molar-refractivity contribution is 0.0732. The van der Waals surface area contributed by atoms with Gasteiger partial charge in [-0.15, -0.1) is 23.7 Å². The van der Waals surface area contributed by atoms with Crippen LogP contribution in [0.1, 0.15) is 28.9 Å². The predicted molar refractivity (Wildman–Crippen MR) is 97.5 cm³/mol. The van der Waals surface area contributed by atoms with Crippen LogP contribution in [0.25, 0.3) is 10.6 Å². The SMILES string of the molecule is CNCC1CCCN1C(=O)c1csc(-c2ccccc2C)n1.Cl. The topological polar surface area (TPSA) is 45.2 Å². The third kappa shape index (κ3) is 3.74. The summed E-state index contributed by atoms with van der Waals surface area (Å²) < 4.78 is 0. The summed E-state index contributed by atoms with van der Waals surface area (Å²) in [6.07, 6.45) is 2.15. The average Bonchev–Trinajstić information content (AvgIpc) is 3.17. The molecular weight excluding hydrogens is 330 g/mol. The molecule has 6 heteroatoms. The number of rotatable bonds is 4. The van der Waals surface area contributed by atoms with E-state index >= 15 is 0 Å². The number of benzene rings is 1. The quantitative estimate of drug-likeness (QED) is 0.918. The minimum atomic E-state index is 0. The second-order valence-electron chi connectivity index (χ2n) is 5.71. The lowest BCUT2D eigenvalue weighted by atomic mass is 10.1. The first kappa shape index (κ1) is 17.9. The average molecular weight is 352 g/mol. The zero-order valence-corrected chi connectivity index (χ0v) is 15.0. The summed E-state index contributed by atoms with van der Waals surface area (Å²) in [5.41, 5.74) is 2.87. The largest absolute Gasteiger partial charge is 0.333 e. The van der Waals surface area contributed by atoms with Gasteiger partial charge in [-0.25, -0.2) is 4.98 Å². The molecule has 2 heterocycles. The molecule has 2 aromatic rings. The standard InChI is InChI=1S/C17H21N3OS.ClH/c1-12-6-3-4-8-14(12)16-19-15(11-22-16)17(21)20-9-5-7-13(20)10-18-2;/h3-4,6,8,11,13,18H,5,7,9-10H2,1-2H3;1H. The third-order valence-electron chi connectivity index (χ3n) is 4.18. The van der Waals surface area contributed by atoms with Crippen molar-refractivity contribution in [2.75, 3.05) is 20.1 Å². The first-order valence-corrected chi connectivity index (χ1v) is 8.55. The molecule has 1 N–H and O–H groups in total. The third-order valence-corrected chi connectivity index (χ3v) is 5.05. The monoisotopic (exact) mass is 351 g/mol. The van der Waals surface area contributed by atoms with E-state index in [0.717, 1.165) is 36.5 Å². The first-order valence-electron chi connectivity index (χ1n) is 7.68. The van der Waals surface area contributed by atoms with Crippen LogP contribution in [0.2, 0.25) is 0 Å². The number of nitrogens with zero attached hydrogens (tertiary/aromatic N) is 2. The smallest absolute Gasteiger partial charge is 0.273 e.